The van der Waals surface area contributed by atoms with E-state index in [1.165, 1.54) is 96.3 Å². The van der Waals surface area contributed by atoms with Gasteiger partial charge in [-0.15, -0.1) is 0 Å². The normalized spacial score (nSPS) is 10.2. The molecule has 0 aromatic heterocycles. The second-order valence-electron chi connectivity index (χ2n) is 5.80. The van der Waals surface area contributed by atoms with Crippen molar-refractivity contribution in [3.63, 3.8) is 0 Å². The first-order chi connectivity index (χ1) is 9.91. The molecule has 119 valence electrons. The molecule has 0 saturated carbocycles. The van der Waals surface area contributed by atoms with Gasteiger partial charge in [0, 0.05) is 0 Å². The number of hydrogen-bond donors (Lipinski definition) is 0. The van der Waals surface area contributed by atoms with Crippen LogP contribution in [-0.4, -0.2) is 0 Å². The monoisotopic (exact) mass is 317 g/mol. The molecule has 0 rings (SSSR count). The Morgan fingerprint density at radius 1 is 0.550 bits per heavy atom. The van der Waals surface area contributed by atoms with Gasteiger partial charge in [-0.2, -0.15) is 6.42 Å². The molecule has 0 heterocycles. The van der Waals surface area contributed by atoms with E-state index >= 15 is 0 Å². The summed E-state index contributed by atoms with van der Waals surface area (Å²) in [4.78, 5) is 0. The van der Waals surface area contributed by atoms with Crippen molar-refractivity contribution in [2.24, 2.45) is 0 Å². The number of hydrogen-bond acceptors (Lipinski definition) is 1. The molecule has 1 nitrogen and oxygen atoms in total. The van der Waals surface area contributed by atoms with Crippen molar-refractivity contribution in [3.8, 4) is 0 Å². The van der Waals surface area contributed by atoms with E-state index in [-0.39, 0.29) is 0 Å². The van der Waals surface area contributed by atoms with Crippen molar-refractivity contribution in [2.75, 3.05) is 0 Å². The van der Waals surface area contributed by atoms with Gasteiger partial charge in [-0.3, -0.25) is 0 Å². The molecule has 0 atom stereocenters. The molecule has 0 saturated heterocycles. The third-order valence-corrected chi connectivity index (χ3v) is 3.85. The van der Waals surface area contributed by atoms with Gasteiger partial charge in [0.05, 0.1) is 0 Å². The first-order valence-corrected chi connectivity index (χ1v) is 9.55. The van der Waals surface area contributed by atoms with E-state index in [2.05, 4.69) is 13.8 Å². The molecule has 0 aromatic carbocycles. The molecule has 0 aliphatic carbocycles. The van der Waals surface area contributed by atoms with E-state index in [9.17, 15) is 0 Å². The van der Waals surface area contributed by atoms with E-state index in [0.717, 1.165) is 26.8 Å². The molecule has 0 N–H and O–H groups in total. The molecule has 0 radical (unpaired) electrons. The van der Waals surface area contributed by atoms with Crippen molar-refractivity contribution >= 4 is 0 Å². The molecular weight excluding hydrogens is 280 g/mol. The van der Waals surface area contributed by atoms with Crippen LogP contribution in [0.4, 0.5) is 0 Å². The fraction of sp³-hybridized carbons (Fsp3) is 0.944. The van der Waals surface area contributed by atoms with Crippen LogP contribution in [0.15, 0.2) is 0 Å². The van der Waals surface area contributed by atoms with Gasteiger partial charge >= 0.3 is 23.7 Å². The maximum atomic E-state index is 8.25. The first-order valence-electron chi connectivity index (χ1n) is 8.91. The van der Waals surface area contributed by atoms with Crippen LogP contribution < -0.4 is 0 Å². The predicted octanol–water partition coefficient (Wildman–Crippen LogP) is 6.96. The summed E-state index contributed by atoms with van der Waals surface area (Å²) < 4.78 is 8.25. The van der Waals surface area contributed by atoms with Crippen molar-refractivity contribution in [3.05, 3.63) is 6.92 Å². The zero-order valence-electron chi connectivity index (χ0n) is 13.9. The summed E-state index contributed by atoms with van der Waals surface area (Å²) in [6.07, 6.45) is 22.8. The third-order valence-electron chi connectivity index (χ3n) is 3.85. The molecule has 0 aliphatic heterocycles. The minimum atomic E-state index is 0.750. The maximum absolute atomic E-state index is 8.25. The fourth-order valence-electron chi connectivity index (χ4n) is 2.55. The average molecular weight is 317 g/mol. The predicted molar refractivity (Wildman–Crippen MR) is 85.6 cm³/mol. The van der Waals surface area contributed by atoms with Crippen LogP contribution in [0.2, 0.25) is 0 Å². The summed E-state index contributed by atoms with van der Waals surface area (Å²) in [7, 11) is 0. The second-order valence-corrected chi connectivity index (χ2v) is 5.80. The number of unbranched alkanes of at least 4 members (excludes halogenated alkanes) is 15. The number of rotatable bonds is 15. The van der Waals surface area contributed by atoms with Crippen LogP contribution in [-0.2, 0) is 23.7 Å². The van der Waals surface area contributed by atoms with Crippen molar-refractivity contribution in [1.29, 1.82) is 0 Å². The SMILES string of the molecule is [CH2-]CCCCCCCCCCCCCCCCC.[O]=[Ti+]. The summed E-state index contributed by atoms with van der Waals surface area (Å²) in [5.41, 5.74) is 0. The molecule has 2 heteroatoms. The molecule has 0 unspecified atom stereocenters. The summed E-state index contributed by atoms with van der Waals surface area (Å²) in [5, 5.41) is 0. The van der Waals surface area contributed by atoms with Gasteiger partial charge in [0.15, 0.2) is 0 Å². The fourth-order valence-corrected chi connectivity index (χ4v) is 2.55. The molecule has 0 aliphatic rings. The Balaban J connectivity index is 0. The summed E-state index contributed by atoms with van der Waals surface area (Å²) >= 11 is 0.750. The van der Waals surface area contributed by atoms with Crippen molar-refractivity contribution in [1.82, 2.24) is 0 Å². The molecule has 0 spiro atoms. The Morgan fingerprint density at radius 2 is 0.800 bits per heavy atom. The van der Waals surface area contributed by atoms with Gasteiger partial charge in [-0.05, 0) is 0 Å². The van der Waals surface area contributed by atoms with Gasteiger partial charge in [0.2, 0.25) is 0 Å². The van der Waals surface area contributed by atoms with Gasteiger partial charge in [0.1, 0.15) is 0 Å². The average Bonchev–Trinajstić information content (AvgIpc) is 2.50. The summed E-state index contributed by atoms with van der Waals surface area (Å²) in [6.45, 7) is 6.18. The Morgan fingerprint density at radius 3 is 1.05 bits per heavy atom. The zero-order valence-corrected chi connectivity index (χ0v) is 15.5. The molecular formula is C18H37OTi. The van der Waals surface area contributed by atoms with Gasteiger partial charge < -0.3 is 6.92 Å². The first kappa shape index (κ1) is 22.8. The Hall–Kier alpha value is 0.514. The molecule has 0 amide bonds. The van der Waals surface area contributed by atoms with Crippen LogP contribution in [0, 0.1) is 6.92 Å². The minimum absolute atomic E-state index is 0.750. The van der Waals surface area contributed by atoms with Crippen molar-refractivity contribution in [2.45, 2.75) is 110 Å². The molecule has 0 aromatic rings. The van der Waals surface area contributed by atoms with E-state index in [0.29, 0.717) is 0 Å². The third kappa shape index (κ3) is 23.6. The Kier molecular flexibility index (Phi) is 27.9. The van der Waals surface area contributed by atoms with Crippen LogP contribution in [0.5, 0.6) is 0 Å². The zero-order chi connectivity index (χ0) is 15.3. The second kappa shape index (κ2) is 24.5. The summed E-state index contributed by atoms with van der Waals surface area (Å²) in [6, 6.07) is 0. The quantitative estimate of drug-likeness (QED) is 0.181. The Bertz CT molecular complexity index is 134. The van der Waals surface area contributed by atoms with Crippen molar-refractivity contribution < 1.29 is 23.7 Å². The standard InChI is InChI=1S/C18H37.O.Ti/c1-3-5-7-9-11-13-15-17-18-16-14-12-10-8-6-4-2;;/h1,3-18H2,2H3;;/q-1;;+1. The molecule has 0 bridgehead atoms. The summed E-state index contributed by atoms with van der Waals surface area (Å²) in [5.74, 6) is 0. The van der Waals surface area contributed by atoms with E-state index in [1.54, 1.807) is 0 Å². The van der Waals surface area contributed by atoms with Gasteiger partial charge in [-0.1, -0.05) is 103 Å². The topological polar surface area (TPSA) is 17.1 Å². The van der Waals surface area contributed by atoms with Crippen LogP contribution >= 0.6 is 0 Å². The van der Waals surface area contributed by atoms with Gasteiger partial charge in [-0.25, -0.2) is 0 Å². The van der Waals surface area contributed by atoms with E-state index in [4.69, 9.17) is 3.32 Å². The molecule has 0 fully saturated rings. The van der Waals surface area contributed by atoms with Crippen LogP contribution in [0.1, 0.15) is 110 Å². The molecule has 20 heavy (non-hydrogen) atoms. The van der Waals surface area contributed by atoms with Gasteiger partial charge in [0.25, 0.3) is 0 Å². The van der Waals surface area contributed by atoms with Crippen LogP contribution in [0.25, 0.3) is 0 Å². The Labute approximate surface area is 140 Å². The van der Waals surface area contributed by atoms with E-state index in [1.807, 2.05) is 0 Å². The van der Waals surface area contributed by atoms with Crippen LogP contribution in [0.3, 0.4) is 0 Å². The van der Waals surface area contributed by atoms with E-state index < -0.39 is 0 Å².